The van der Waals surface area contributed by atoms with Gasteiger partial charge >= 0.3 is 0 Å². The molecule has 0 aliphatic heterocycles. The number of aromatic nitrogens is 1. The molecule has 0 bridgehead atoms. The number of nitrogens with zero attached hydrogens (tertiary/aromatic N) is 1. The number of hydrogen-bond donors (Lipinski definition) is 0. The fourth-order valence-electron chi connectivity index (χ4n) is 0.674. The summed E-state index contributed by atoms with van der Waals surface area (Å²) in [5.74, 6) is 0. The van der Waals surface area contributed by atoms with E-state index in [4.69, 9.17) is 0 Å². The molecule has 1 aromatic heterocycles. The van der Waals surface area contributed by atoms with Gasteiger partial charge in [-0.05, 0) is 18.6 Å². The number of sulfone groups is 1. The summed E-state index contributed by atoms with van der Waals surface area (Å²) in [6.07, 6.45) is 2.68. The summed E-state index contributed by atoms with van der Waals surface area (Å²) in [4.78, 5) is 3.76. The van der Waals surface area contributed by atoms with E-state index in [0.717, 1.165) is 11.8 Å². The molecule has 0 N–H and O–H groups in total. The van der Waals surface area contributed by atoms with Crippen molar-refractivity contribution >= 4 is 9.84 Å². The number of hydrogen-bond acceptors (Lipinski definition) is 3. The summed E-state index contributed by atoms with van der Waals surface area (Å²) in [6.45, 7) is 1.86. The van der Waals surface area contributed by atoms with Gasteiger partial charge in [0.1, 0.15) is 0 Å². The van der Waals surface area contributed by atoms with Crippen LogP contribution < -0.4 is 0 Å². The van der Waals surface area contributed by atoms with E-state index in [2.05, 4.69) is 4.98 Å². The van der Waals surface area contributed by atoms with Gasteiger partial charge in [-0.15, -0.1) is 0 Å². The Hall–Kier alpha value is 0.152. The SMILES string of the molecule is Cc1ccc(S(C)(=O)=O)nc1.[U]. The Kier molecular flexibility index (Phi) is 4.46. The summed E-state index contributed by atoms with van der Waals surface area (Å²) in [7, 11) is -3.13. The van der Waals surface area contributed by atoms with Gasteiger partial charge < -0.3 is 0 Å². The zero-order chi connectivity index (χ0) is 8.48. The van der Waals surface area contributed by atoms with Crippen molar-refractivity contribution in [2.75, 3.05) is 6.26 Å². The second-order valence-corrected chi connectivity index (χ2v) is 4.41. The molecule has 0 aliphatic rings. The molecule has 0 spiro atoms. The fourth-order valence-corrected chi connectivity index (χ4v) is 1.23. The van der Waals surface area contributed by atoms with E-state index in [0.29, 0.717) is 0 Å². The Morgan fingerprint density at radius 2 is 1.92 bits per heavy atom. The third-order valence-corrected chi connectivity index (χ3v) is 2.27. The van der Waals surface area contributed by atoms with Crippen molar-refractivity contribution in [1.82, 2.24) is 4.98 Å². The molecular weight excluding hydrogens is 400 g/mol. The first-order valence-corrected chi connectivity index (χ1v) is 5.02. The molecule has 12 heavy (non-hydrogen) atoms. The van der Waals surface area contributed by atoms with Crippen LogP contribution in [0.5, 0.6) is 0 Å². The predicted octanol–water partition coefficient (Wildman–Crippen LogP) is 0.794. The van der Waals surface area contributed by atoms with Gasteiger partial charge in [0.05, 0.1) is 0 Å². The molecule has 3 nitrogen and oxygen atoms in total. The first-order valence-electron chi connectivity index (χ1n) is 3.13. The molecule has 0 aromatic carbocycles. The van der Waals surface area contributed by atoms with Gasteiger partial charge in [0.2, 0.25) is 0 Å². The maximum Gasteiger partial charge on any atom is 0.192 e. The van der Waals surface area contributed by atoms with Gasteiger partial charge in [-0.25, -0.2) is 13.4 Å². The molecular formula is C7H9NO2SU. The van der Waals surface area contributed by atoms with Crippen molar-refractivity contribution in [3.05, 3.63) is 23.9 Å². The Morgan fingerprint density at radius 3 is 2.25 bits per heavy atom. The van der Waals surface area contributed by atoms with E-state index in [1.54, 1.807) is 6.07 Å². The van der Waals surface area contributed by atoms with E-state index in [1.165, 1.54) is 12.3 Å². The monoisotopic (exact) mass is 409 g/mol. The van der Waals surface area contributed by atoms with Crippen molar-refractivity contribution in [2.24, 2.45) is 0 Å². The minimum absolute atomic E-state index is 0. The molecule has 0 unspecified atom stereocenters. The van der Waals surface area contributed by atoms with Gasteiger partial charge in [0.15, 0.2) is 14.9 Å². The van der Waals surface area contributed by atoms with Crippen molar-refractivity contribution in [3.8, 4) is 0 Å². The van der Waals surface area contributed by atoms with Gasteiger partial charge in [-0.1, -0.05) is 6.07 Å². The van der Waals surface area contributed by atoms with Crippen LogP contribution in [0.15, 0.2) is 23.4 Å². The topological polar surface area (TPSA) is 47.0 Å². The standard InChI is InChI=1S/C7H9NO2S.U/c1-6-3-4-7(8-5-6)11(2,9)10;/h3-5H,1-2H3;. The summed E-state index contributed by atoms with van der Waals surface area (Å²) < 4.78 is 21.8. The summed E-state index contributed by atoms with van der Waals surface area (Å²) >= 11 is 0. The molecule has 0 aliphatic carbocycles. The molecule has 64 valence electrons. The van der Waals surface area contributed by atoms with Crippen molar-refractivity contribution in [3.63, 3.8) is 0 Å². The van der Waals surface area contributed by atoms with Crippen LogP contribution in [0.25, 0.3) is 0 Å². The average Bonchev–Trinajstić information content (AvgIpc) is 1.86. The first-order chi connectivity index (χ1) is 5.00. The average molecular weight is 409 g/mol. The maximum atomic E-state index is 10.9. The van der Waals surface area contributed by atoms with Crippen LogP contribution in [0.4, 0.5) is 0 Å². The summed E-state index contributed by atoms with van der Waals surface area (Å²) in [5.41, 5.74) is 0.956. The molecule has 0 amide bonds. The molecule has 1 rings (SSSR count). The van der Waals surface area contributed by atoms with Gasteiger partial charge in [0, 0.05) is 43.6 Å². The quantitative estimate of drug-likeness (QED) is 0.690. The minimum Gasteiger partial charge on any atom is -0.244 e. The first kappa shape index (κ1) is 12.2. The number of aryl methyl sites for hydroxylation is 1. The van der Waals surface area contributed by atoms with Crippen LogP contribution in [0.2, 0.25) is 0 Å². The molecule has 1 aromatic rings. The molecule has 0 saturated heterocycles. The molecule has 5 heteroatoms. The van der Waals surface area contributed by atoms with Crippen molar-refractivity contribution in [2.45, 2.75) is 11.9 Å². The van der Waals surface area contributed by atoms with E-state index >= 15 is 0 Å². The smallest absolute Gasteiger partial charge is 0.192 e. The Labute approximate surface area is 95.9 Å². The Bertz CT molecular complexity index is 344. The summed E-state index contributed by atoms with van der Waals surface area (Å²) in [6, 6.07) is 3.23. The number of pyridine rings is 1. The number of rotatable bonds is 1. The van der Waals surface area contributed by atoms with E-state index in [1.807, 2.05) is 6.92 Å². The van der Waals surface area contributed by atoms with E-state index < -0.39 is 9.84 Å². The molecule has 0 fully saturated rings. The van der Waals surface area contributed by atoms with Crippen molar-refractivity contribution < 1.29 is 39.5 Å². The molecule has 0 saturated carbocycles. The normalized spacial score (nSPS) is 10.5. The van der Waals surface area contributed by atoms with Gasteiger partial charge in [-0.2, -0.15) is 0 Å². The molecule has 0 radical (unpaired) electrons. The maximum absolute atomic E-state index is 10.9. The Balaban J connectivity index is 0.00000121. The van der Waals surface area contributed by atoms with Crippen LogP contribution in [-0.4, -0.2) is 19.7 Å². The van der Waals surface area contributed by atoms with Gasteiger partial charge in [-0.3, -0.25) is 0 Å². The molecule has 1 heterocycles. The Morgan fingerprint density at radius 1 is 1.33 bits per heavy atom. The van der Waals surface area contributed by atoms with Crippen LogP contribution in [0.1, 0.15) is 5.56 Å². The van der Waals surface area contributed by atoms with E-state index in [-0.39, 0.29) is 36.1 Å². The third kappa shape index (κ3) is 3.26. The minimum atomic E-state index is -3.13. The van der Waals surface area contributed by atoms with Crippen LogP contribution in [-0.2, 0) is 9.84 Å². The van der Waals surface area contributed by atoms with Crippen LogP contribution >= 0.6 is 0 Å². The van der Waals surface area contributed by atoms with Crippen LogP contribution in [0.3, 0.4) is 0 Å². The van der Waals surface area contributed by atoms with E-state index in [9.17, 15) is 8.42 Å². The van der Waals surface area contributed by atoms with Crippen LogP contribution in [0, 0.1) is 38.0 Å². The van der Waals surface area contributed by atoms with Crippen molar-refractivity contribution in [1.29, 1.82) is 0 Å². The third-order valence-electron chi connectivity index (χ3n) is 1.26. The second kappa shape index (κ2) is 4.41. The predicted molar refractivity (Wildman–Crippen MR) is 42.1 cm³/mol. The fraction of sp³-hybridized carbons (Fsp3) is 0.286. The zero-order valence-electron chi connectivity index (χ0n) is 6.90. The second-order valence-electron chi connectivity index (χ2n) is 2.45. The zero-order valence-corrected chi connectivity index (χ0v) is 11.9. The molecule has 0 atom stereocenters. The summed E-state index contributed by atoms with van der Waals surface area (Å²) in [5, 5.41) is 0.128. The van der Waals surface area contributed by atoms with Gasteiger partial charge in [0.25, 0.3) is 0 Å². The largest absolute Gasteiger partial charge is 0.244 e.